The maximum absolute atomic E-state index is 13.8. The minimum absolute atomic E-state index is 0.295. The number of hydrogen-bond donors (Lipinski definition) is 2. The number of benzene rings is 1. The SMILES string of the molecule is C=CC(=O)Nc1cc(Nc2ncc3nccc(-c4cncc(F)c4)c3n2)ccc1N(C)C1CCN(C)C1. The number of halogens is 1. The third-order valence-electron chi connectivity index (χ3n) is 6.49. The summed E-state index contributed by atoms with van der Waals surface area (Å²) in [6.45, 7) is 5.56. The van der Waals surface area contributed by atoms with Gasteiger partial charge >= 0.3 is 0 Å². The smallest absolute Gasteiger partial charge is 0.247 e. The molecule has 5 rings (SSSR count). The van der Waals surface area contributed by atoms with E-state index in [0.29, 0.717) is 45.5 Å². The number of carbonyl (C=O) groups is 1. The molecule has 0 spiro atoms. The minimum atomic E-state index is -0.432. The first-order valence-electron chi connectivity index (χ1n) is 11.9. The van der Waals surface area contributed by atoms with Crippen molar-refractivity contribution in [2.24, 2.45) is 0 Å². The molecular weight excluding hydrogens is 471 g/mol. The molecule has 1 amide bonds. The van der Waals surface area contributed by atoms with E-state index in [1.54, 1.807) is 24.7 Å². The van der Waals surface area contributed by atoms with Crippen LogP contribution in [0.5, 0.6) is 0 Å². The van der Waals surface area contributed by atoms with E-state index in [2.05, 4.69) is 54.0 Å². The Morgan fingerprint density at radius 3 is 2.84 bits per heavy atom. The number of anilines is 4. The van der Waals surface area contributed by atoms with E-state index >= 15 is 0 Å². The van der Waals surface area contributed by atoms with Crippen LogP contribution in [-0.4, -0.2) is 64.0 Å². The molecule has 1 fully saturated rings. The van der Waals surface area contributed by atoms with Gasteiger partial charge in [0, 0.05) is 48.8 Å². The van der Waals surface area contributed by atoms with Gasteiger partial charge in [-0.15, -0.1) is 0 Å². The molecule has 4 aromatic rings. The Labute approximate surface area is 214 Å². The number of likely N-dealkylation sites (N-methyl/N-ethyl adjacent to an activating group) is 2. The van der Waals surface area contributed by atoms with Crippen molar-refractivity contribution in [1.82, 2.24) is 24.8 Å². The Morgan fingerprint density at radius 1 is 1.22 bits per heavy atom. The van der Waals surface area contributed by atoms with Crippen molar-refractivity contribution in [3.8, 4) is 11.1 Å². The van der Waals surface area contributed by atoms with Crippen LogP contribution in [0.25, 0.3) is 22.2 Å². The standard InChI is InChI=1S/C27H27FN8O/c1-4-25(37)33-22-12-19(5-6-24(22)36(3)20-8-10-35(2)16-20)32-27-31-15-23-26(34-27)21(7-9-30-23)17-11-18(28)14-29-13-17/h4-7,9,11-15,20H,1,8,10,16H2,2-3H3,(H,33,37)(H,31,32,34). The van der Waals surface area contributed by atoms with Crippen LogP contribution in [-0.2, 0) is 4.79 Å². The average Bonchev–Trinajstić information content (AvgIpc) is 3.34. The molecule has 3 aromatic heterocycles. The molecule has 2 N–H and O–H groups in total. The van der Waals surface area contributed by atoms with Crippen molar-refractivity contribution < 1.29 is 9.18 Å². The third-order valence-corrected chi connectivity index (χ3v) is 6.49. The van der Waals surface area contributed by atoms with Crippen LogP contribution in [0.2, 0.25) is 0 Å². The molecule has 4 heterocycles. The van der Waals surface area contributed by atoms with Gasteiger partial charge in [-0.1, -0.05) is 6.58 Å². The number of amides is 1. The molecule has 10 heteroatoms. The van der Waals surface area contributed by atoms with Crippen molar-refractivity contribution >= 4 is 40.0 Å². The molecule has 1 aliphatic rings. The highest BCUT2D eigenvalue weighted by Gasteiger charge is 2.25. The van der Waals surface area contributed by atoms with E-state index in [1.165, 1.54) is 12.1 Å². The molecule has 0 radical (unpaired) electrons. The predicted octanol–water partition coefficient (Wildman–Crippen LogP) is 4.23. The summed E-state index contributed by atoms with van der Waals surface area (Å²) < 4.78 is 13.8. The van der Waals surface area contributed by atoms with E-state index < -0.39 is 5.82 Å². The van der Waals surface area contributed by atoms with Gasteiger partial charge in [0.1, 0.15) is 16.9 Å². The van der Waals surface area contributed by atoms with Crippen molar-refractivity contribution in [1.29, 1.82) is 0 Å². The number of hydrogen-bond acceptors (Lipinski definition) is 8. The van der Waals surface area contributed by atoms with Gasteiger partial charge < -0.3 is 20.4 Å². The molecular formula is C27H27FN8O. The van der Waals surface area contributed by atoms with Crippen LogP contribution in [0.4, 0.5) is 27.4 Å². The van der Waals surface area contributed by atoms with Crippen LogP contribution >= 0.6 is 0 Å². The molecule has 9 nitrogen and oxygen atoms in total. The number of rotatable bonds is 7. The van der Waals surface area contributed by atoms with E-state index in [4.69, 9.17) is 0 Å². The summed E-state index contributed by atoms with van der Waals surface area (Å²) >= 11 is 0. The van der Waals surface area contributed by atoms with E-state index in [0.717, 1.165) is 31.4 Å². The van der Waals surface area contributed by atoms with Crippen LogP contribution in [0.1, 0.15) is 6.42 Å². The third kappa shape index (κ3) is 5.24. The summed E-state index contributed by atoms with van der Waals surface area (Å²) in [6.07, 6.45) is 8.27. The Hall–Kier alpha value is -4.44. The number of carbonyl (C=O) groups excluding carboxylic acids is 1. The maximum Gasteiger partial charge on any atom is 0.247 e. The Balaban J connectivity index is 1.48. The second kappa shape index (κ2) is 10.3. The quantitative estimate of drug-likeness (QED) is 0.365. The molecule has 1 aromatic carbocycles. The van der Waals surface area contributed by atoms with Crippen molar-refractivity contribution in [3.05, 3.63) is 73.6 Å². The van der Waals surface area contributed by atoms with E-state index in [9.17, 15) is 9.18 Å². The molecule has 0 saturated carbocycles. The number of nitrogens with zero attached hydrogens (tertiary/aromatic N) is 6. The van der Waals surface area contributed by atoms with Gasteiger partial charge in [0.2, 0.25) is 11.9 Å². The topological polar surface area (TPSA) is 99.2 Å². The van der Waals surface area contributed by atoms with Crippen molar-refractivity contribution in [3.63, 3.8) is 0 Å². The number of aromatic nitrogens is 4. The zero-order valence-electron chi connectivity index (χ0n) is 20.6. The van der Waals surface area contributed by atoms with Gasteiger partial charge in [-0.2, -0.15) is 0 Å². The summed E-state index contributed by atoms with van der Waals surface area (Å²) in [5.41, 5.74) is 4.68. The van der Waals surface area contributed by atoms with Crippen LogP contribution < -0.4 is 15.5 Å². The first-order chi connectivity index (χ1) is 17.9. The fourth-order valence-corrected chi connectivity index (χ4v) is 4.55. The number of fused-ring (bicyclic) bond motifs is 1. The predicted molar refractivity (Wildman–Crippen MR) is 143 cm³/mol. The lowest BCUT2D eigenvalue weighted by atomic mass is 10.1. The lowest BCUT2D eigenvalue weighted by molar-refractivity contribution is -0.111. The largest absolute Gasteiger partial charge is 0.369 e. The minimum Gasteiger partial charge on any atom is -0.369 e. The average molecular weight is 499 g/mol. The lowest BCUT2D eigenvalue weighted by Crippen LogP contribution is -2.34. The number of likely N-dealkylation sites (tertiary alicyclic amines) is 1. The van der Waals surface area contributed by atoms with Crippen LogP contribution in [0, 0.1) is 5.82 Å². The monoisotopic (exact) mass is 498 g/mol. The highest BCUT2D eigenvalue weighted by molar-refractivity contribution is 6.01. The van der Waals surface area contributed by atoms with Crippen LogP contribution in [0.3, 0.4) is 0 Å². The molecule has 0 bridgehead atoms. The van der Waals surface area contributed by atoms with Gasteiger partial charge in [-0.3, -0.25) is 14.8 Å². The number of nitrogens with one attached hydrogen (secondary N) is 2. The summed E-state index contributed by atoms with van der Waals surface area (Å²) in [6, 6.07) is 9.25. The second-order valence-corrected chi connectivity index (χ2v) is 9.04. The van der Waals surface area contributed by atoms with Crippen molar-refractivity contribution in [2.45, 2.75) is 12.5 Å². The highest BCUT2D eigenvalue weighted by atomic mass is 19.1. The summed E-state index contributed by atoms with van der Waals surface area (Å²) in [5, 5.41) is 6.14. The Bertz CT molecular complexity index is 1480. The summed E-state index contributed by atoms with van der Waals surface area (Å²) in [4.78, 5) is 34.0. The number of pyridine rings is 2. The van der Waals surface area contributed by atoms with E-state index in [1.807, 2.05) is 25.2 Å². The first-order valence-corrected chi connectivity index (χ1v) is 11.9. The zero-order valence-corrected chi connectivity index (χ0v) is 20.6. The summed E-state index contributed by atoms with van der Waals surface area (Å²) in [7, 11) is 4.15. The van der Waals surface area contributed by atoms with Crippen molar-refractivity contribution in [2.75, 3.05) is 42.7 Å². The van der Waals surface area contributed by atoms with Gasteiger partial charge in [-0.05, 0) is 56.4 Å². The molecule has 1 unspecified atom stereocenters. The molecule has 37 heavy (non-hydrogen) atoms. The van der Waals surface area contributed by atoms with Crippen LogP contribution in [0.15, 0.2) is 67.8 Å². The Kier molecular flexibility index (Phi) is 6.74. The van der Waals surface area contributed by atoms with Gasteiger partial charge in [0.25, 0.3) is 0 Å². The first kappa shape index (κ1) is 24.3. The summed E-state index contributed by atoms with van der Waals surface area (Å²) in [5.74, 6) is -0.388. The normalized spacial score (nSPS) is 15.5. The molecule has 1 aliphatic heterocycles. The lowest BCUT2D eigenvalue weighted by Gasteiger charge is -2.29. The fraction of sp³-hybridized carbons (Fsp3) is 0.222. The highest BCUT2D eigenvalue weighted by Crippen LogP contribution is 2.33. The molecule has 1 saturated heterocycles. The molecule has 188 valence electrons. The molecule has 1 atom stereocenters. The zero-order chi connectivity index (χ0) is 25.9. The van der Waals surface area contributed by atoms with E-state index in [-0.39, 0.29) is 5.91 Å². The maximum atomic E-state index is 13.8. The van der Waals surface area contributed by atoms with Gasteiger partial charge in [-0.25, -0.2) is 14.4 Å². The van der Waals surface area contributed by atoms with Gasteiger partial charge in [0.05, 0.1) is 23.8 Å². The fourth-order valence-electron chi connectivity index (χ4n) is 4.55. The molecule has 0 aliphatic carbocycles. The van der Waals surface area contributed by atoms with Gasteiger partial charge in [0.15, 0.2) is 0 Å². The second-order valence-electron chi connectivity index (χ2n) is 9.04. The Morgan fingerprint density at radius 2 is 2.08 bits per heavy atom.